The first kappa shape index (κ1) is 13.6. The Morgan fingerprint density at radius 2 is 2.18 bits per heavy atom. The number of nitrogens with one attached hydrogen (secondary N) is 2. The summed E-state index contributed by atoms with van der Waals surface area (Å²) in [5.41, 5.74) is 0. The number of hydrogen-bond acceptors (Lipinski definition) is 5. The number of H-pyrrole nitrogens is 1. The van der Waals surface area contributed by atoms with E-state index in [1.165, 1.54) is 14.2 Å². The van der Waals surface area contributed by atoms with Gasteiger partial charge in [0.25, 0.3) is 5.91 Å². The Labute approximate surface area is 99.9 Å². The molecule has 7 nitrogen and oxygen atoms in total. The number of rotatable bonds is 7. The number of ether oxygens (including phenoxy) is 2. The van der Waals surface area contributed by atoms with Crippen LogP contribution in [-0.4, -0.2) is 48.1 Å². The summed E-state index contributed by atoms with van der Waals surface area (Å²) in [5.74, 6) is 0.509. The van der Waals surface area contributed by atoms with Gasteiger partial charge in [-0.3, -0.25) is 9.89 Å². The fourth-order valence-electron chi connectivity index (χ4n) is 1.26. The smallest absolute Gasteiger partial charge is 0.291 e. The van der Waals surface area contributed by atoms with Crippen LogP contribution in [0.5, 0.6) is 0 Å². The summed E-state index contributed by atoms with van der Waals surface area (Å²) in [7, 11) is 3.01. The first-order valence-electron chi connectivity index (χ1n) is 5.46. The van der Waals surface area contributed by atoms with Crippen molar-refractivity contribution in [1.29, 1.82) is 0 Å². The number of nitrogens with zero attached hydrogens (tertiary/aromatic N) is 2. The normalized spacial score (nSPS) is 10.8. The van der Waals surface area contributed by atoms with Crippen LogP contribution in [0.1, 0.15) is 29.8 Å². The van der Waals surface area contributed by atoms with Gasteiger partial charge in [-0.05, 0) is 6.42 Å². The summed E-state index contributed by atoms with van der Waals surface area (Å²) in [4.78, 5) is 15.7. The first-order valence-corrected chi connectivity index (χ1v) is 5.46. The summed E-state index contributed by atoms with van der Waals surface area (Å²) < 4.78 is 9.89. The third kappa shape index (κ3) is 4.12. The zero-order valence-corrected chi connectivity index (χ0v) is 10.3. The highest BCUT2D eigenvalue weighted by molar-refractivity contribution is 5.90. The Morgan fingerprint density at radius 3 is 2.76 bits per heavy atom. The molecular weight excluding hydrogens is 224 g/mol. The number of carbonyl (C=O) groups is 1. The second-order valence-electron chi connectivity index (χ2n) is 3.47. The number of hydrogen-bond donors (Lipinski definition) is 2. The number of carbonyl (C=O) groups excluding carboxylic acids is 1. The predicted octanol–water partition coefficient (Wildman–Crippen LogP) is 0.106. The molecule has 0 aliphatic rings. The molecule has 0 bridgehead atoms. The zero-order chi connectivity index (χ0) is 12.7. The van der Waals surface area contributed by atoms with Crippen LogP contribution in [0.4, 0.5) is 0 Å². The lowest BCUT2D eigenvalue weighted by Gasteiger charge is -2.12. The number of aryl methyl sites for hydroxylation is 1. The van der Waals surface area contributed by atoms with Gasteiger partial charge in [0.05, 0.1) is 6.54 Å². The van der Waals surface area contributed by atoms with Gasteiger partial charge in [0.2, 0.25) is 5.82 Å². The highest BCUT2D eigenvalue weighted by Crippen LogP contribution is 1.97. The fraction of sp³-hybridized carbons (Fsp3) is 0.700. The van der Waals surface area contributed by atoms with Gasteiger partial charge in [-0.15, -0.1) is 5.10 Å². The highest BCUT2D eigenvalue weighted by atomic mass is 16.7. The molecule has 17 heavy (non-hydrogen) atoms. The second kappa shape index (κ2) is 6.97. The van der Waals surface area contributed by atoms with Crippen LogP contribution in [0, 0.1) is 0 Å². The first-order chi connectivity index (χ1) is 8.21. The Morgan fingerprint density at radius 1 is 1.47 bits per heavy atom. The molecule has 0 aliphatic heterocycles. The molecule has 96 valence electrons. The fourth-order valence-corrected chi connectivity index (χ4v) is 1.26. The minimum absolute atomic E-state index is 0.138. The molecule has 1 heterocycles. The van der Waals surface area contributed by atoms with Crippen LogP contribution >= 0.6 is 0 Å². The van der Waals surface area contributed by atoms with Crippen molar-refractivity contribution >= 4 is 5.91 Å². The molecule has 0 atom stereocenters. The maximum absolute atomic E-state index is 11.6. The zero-order valence-electron chi connectivity index (χ0n) is 10.3. The summed E-state index contributed by atoms with van der Waals surface area (Å²) in [6.07, 6.45) is 1.26. The quantitative estimate of drug-likeness (QED) is 0.662. The van der Waals surface area contributed by atoms with Gasteiger partial charge in [-0.1, -0.05) is 6.92 Å². The molecule has 1 amide bonds. The Kier molecular flexibility index (Phi) is 5.58. The van der Waals surface area contributed by atoms with Crippen LogP contribution in [0.2, 0.25) is 0 Å². The SMILES string of the molecule is CCCc1nc(C(=O)NCC(OC)OC)n[nH]1. The van der Waals surface area contributed by atoms with E-state index in [2.05, 4.69) is 20.5 Å². The summed E-state index contributed by atoms with van der Waals surface area (Å²) in [6, 6.07) is 0. The van der Waals surface area contributed by atoms with Gasteiger partial charge >= 0.3 is 0 Å². The van der Waals surface area contributed by atoms with Crippen molar-refractivity contribution in [2.45, 2.75) is 26.1 Å². The average Bonchev–Trinajstić information content (AvgIpc) is 2.79. The third-order valence-corrected chi connectivity index (χ3v) is 2.18. The topological polar surface area (TPSA) is 89.1 Å². The Hall–Kier alpha value is -1.47. The van der Waals surface area contributed by atoms with E-state index in [1.807, 2.05) is 6.92 Å². The van der Waals surface area contributed by atoms with E-state index in [1.54, 1.807) is 0 Å². The van der Waals surface area contributed by atoms with E-state index in [0.29, 0.717) is 5.82 Å². The molecule has 0 unspecified atom stereocenters. The van der Waals surface area contributed by atoms with E-state index < -0.39 is 6.29 Å². The lowest BCUT2D eigenvalue weighted by atomic mass is 10.3. The maximum atomic E-state index is 11.6. The monoisotopic (exact) mass is 242 g/mol. The molecule has 1 rings (SSSR count). The largest absolute Gasteiger partial charge is 0.354 e. The maximum Gasteiger partial charge on any atom is 0.291 e. The number of aromatic nitrogens is 3. The van der Waals surface area contributed by atoms with Crippen molar-refractivity contribution in [2.75, 3.05) is 20.8 Å². The minimum Gasteiger partial charge on any atom is -0.354 e. The van der Waals surface area contributed by atoms with E-state index in [-0.39, 0.29) is 18.3 Å². The number of amides is 1. The molecule has 0 saturated heterocycles. The van der Waals surface area contributed by atoms with E-state index in [0.717, 1.165) is 12.8 Å². The van der Waals surface area contributed by atoms with Crippen molar-refractivity contribution in [3.8, 4) is 0 Å². The van der Waals surface area contributed by atoms with Crippen LogP contribution in [-0.2, 0) is 15.9 Å². The Bertz CT molecular complexity index is 349. The number of methoxy groups -OCH3 is 2. The van der Waals surface area contributed by atoms with Crippen molar-refractivity contribution in [1.82, 2.24) is 20.5 Å². The van der Waals surface area contributed by atoms with Crippen molar-refractivity contribution in [2.24, 2.45) is 0 Å². The number of aromatic amines is 1. The summed E-state index contributed by atoms with van der Waals surface area (Å²) in [6.45, 7) is 2.29. The molecule has 1 aromatic rings. The van der Waals surface area contributed by atoms with Gasteiger partial charge in [-0.2, -0.15) is 0 Å². The lowest BCUT2D eigenvalue weighted by Crippen LogP contribution is -2.34. The van der Waals surface area contributed by atoms with Crippen molar-refractivity contribution in [3.63, 3.8) is 0 Å². The minimum atomic E-state index is -0.465. The average molecular weight is 242 g/mol. The predicted molar refractivity (Wildman–Crippen MR) is 60.5 cm³/mol. The molecule has 0 aliphatic carbocycles. The molecule has 1 aromatic heterocycles. The molecule has 0 spiro atoms. The van der Waals surface area contributed by atoms with Crippen molar-refractivity contribution in [3.05, 3.63) is 11.6 Å². The standard InChI is InChI=1S/C10H18N4O3/c1-4-5-7-12-9(14-13-7)10(15)11-6-8(16-2)17-3/h8H,4-6H2,1-3H3,(H,11,15)(H,12,13,14). The molecular formula is C10H18N4O3. The van der Waals surface area contributed by atoms with Crippen LogP contribution in [0.3, 0.4) is 0 Å². The van der Waals surface area contributed by atoms with E-state index in [4.69, 9.17) is 9.47 Å². The molecule has 2 N–H and O–H groups in total. The second-order valence-corrected chi connectivity index (χ2v) is 3.47. The molecule has 7 heteroatoms. The Balaban J connectivity index is 2.46. The van der Waals surface area contributed by atoms with Crippen molar-refractivity contribution < 1.29 is 14.3 Å². The molecule has 0 saturated carbocycles. The van der Waals surface area contributed by atoms with Crippen LogP contribution < -0.4 is 5.32 Å². The van der Waals surface area contributed by atoms with Gasteiger partial charge in [0, 0.05) is 20.6 Å². The highest BCUT2D eigenvalue weighted by Gasteiger charge is 2.14. The molecule has 0 fully saturated rings. The summed E-state index contributed by atoms with van der Waals surface area (Å²) in [5, 5.41) is 9.18. The van der Waals surface area contributed by atoms with E-state index >= 15 is 0 Å². The van der Waals surface area contributed by atoms with Gasteiger partial charge < -0.3 is 14.8 Å². The van der Waals surface area contributed by atoms with Gasteiger partial charge in [-0.25, -0.2) is 4.98 Å². The lowest BCUT2D eigenvalue weighted by molar-refractivity contribution is -0.0974. The van der Waals surface area contributed by atoms with Crippen LogP contribution in [0.15, 0.2) is 0 Å². The molecule has 0 aromatic carbocycles. The van der Waals surface area contributed by atoms with E-state index in [9.17, 15) is 4.79 Å². The van der Waals surface area contributed by atoms with Gasteiger partial charge in [0.1, 0.15) is 5.82 Å². The third-order valence-electron chi connectivity index (χ3n) is 2.18. The van der Waals surface area contributed by atoms with Crippen LogP contribution in [0.25, 0.3) is 0 Å². The summed E-state index contributed by atoms with van der Waals surface area (Å²) >= 11 is 0. The van der Waals surface area contributed by atoms with Gasteiger partial charge in [0.15, 0.2) is 6.29 Å². The molecule has 0 radical (unpaired) electrons.